The molecule has 1 aromatic carbocycles. The summed E-state index contributed by atoms with van der Waals surface area (Å²) in [6.07, 6.45) is 3.53. The zero-order chi connectivity index (χ0) is 25.0. The van der Waals surface area contributed by atoms with Crippen LogP contribution in [0.4, 0.5) is 4.79 Å². The molecule has 0 aliphatic carbocycles. The fourth-order valence-electron chi connectivity index (χ4n) is 3.49. The summed E-state index contributed by atoms with van der Waals surface area (Å²) in [5.41, 5.74) is 0.228. The highest BCUT2D eigenvalue weighted by Crippen LogP contribution is 2.28. The third-order valence-corrected chi connectivity index (χ3v) is 4.94. The van der Waals surface area contributed by atoms with Crippen molar-refractivity contribution < 1.29 is 23.9 Å². The molecule has 33 heavy (non-hydrogen) atoms. The number of carbonyl (C=O) groups is 3. The van der Waals surface area contributed by atoms with Crippen LogP contribution in [0.1, 0.15) is 53.0 Å². The molecule has 6 heteroatoms. The van der Waals surface area contributed by atoms with Crippen LogP contribution in [0.25, 0.3) is 0 Å². The first kappa shape index (κ1) is 28.1. The molecule has 2 atom stereocenters. The summed E-state index contributed by atoms with van der Waals surface area (Å²) in [6.45, 7) is 16.7. The lowest BCUT2D eigenvalue weighted by Gasteiger charge is -2.32. The normalized spacial score (nSPS) is 13.0. The Kier molecular flexibility index (Phi) is 11.6. The van der Waals surface area contributed by atoms with Crippen molar-refractivity contribution in [3.8, 4) is 0 Å². The van der Waals surface area contributed by atoms with E-state index >= 15 is 0 Å². The van der Waals surface area contributed by atoms with Gasteiger partial charge >= 0.3 is 12.1 Å². The van der Waals surface area contributed by atoms with Crippen LogP contribution in [-0.2, 0) is 25.5 Å². The maximum absolute atomic E-state index is 13.8. The number of hydrogen-bond acceptors (Lipinski definition) is 5. The number of carbonyl (C=O) groups excluding carboxylic acids is 3. The van der Waals surface area contributed by atoms with E-state index in [-0.39, 0.29) is 25.5 Å². The van der Waals surface area contributed by atoms with Gasteiger partial charge in [0.1, 0.15) is 12.2 Å². The maximum Gasteiger partial charge on any atom is 0.417 e. The van der Waals surface area contributed by atoms with Gasteiger partial charge in [0, 0.05) is 6.54 Å². The Bertz CT molecular complexity index is 794. The van der Waals surface area contributed by atoms with E-state index in [4.69, 9.17) is 9.47 Å². The van der Waals surface area contributed by atoms with Crippen molar-refractivity contribution >= 4 is 18.0 Å². The number of ether oxygens (including phenoxy) is 2. The van der Waals surface area contributed by atoms with Gasteiger partial charge in [-0.25, -0.2) is 9.69 Å². The van der Waals surface area contributed by atoms with Crippen LogP contribution in [0.3, 0.4) is 0 Å². The number of hydrogen-bond donors (Lipinski definition) is 0. The molecule has 0 spiro atoms. The molecule has 0 aliphatic rings. The molecule has 0 fully saturated rings. The molecular formula is C27H39NO5. The standard InChI is InChI=1S/C27H39NO5/c1-8-13-22(25(30)32-18-9-2)23(19-20(3)4)24(29)28(26(31)33-27(5,6)7)17-16-21-14-11-10-12-15-21/h8-12,14-15,20,22-23H,1-2,13,16-19H2,3-7H3/t22-,23?/m0/s1. The Balaban J connectivity index is 3.29. The lowest BCUT2D eigenvalue weighted by Crippen LogP contribution is -2.47. The quantitative estimate of drug-likeness (QED) is 0.303. The molecule has 2 amide bonds. The van der Waals surface area contributed by atoms with Crippen molar-refractivity contribution in [1.29, 1.82) is 0 Å². The highest BCUT2D eigenvalue weighted by atomic mass is 16.6. The molecular weight excluding hydrogens is 418 g/mol. The SMILES string of the molecule is C=CCOC(=O)[C@@H](CC=C)C(CC(C)C)C(=O)N(CCc1ccccc1)C(=O)OC(C)(C)C. The summed E-state index contributed by atoms with van der Waals surface area (Å²) in [5.74, 6) is -2.31. The summed E-state index contributed by atoms with van der Waals surface area (Å²) in [4.78, 5) is 40.8. The number of benzene rings is 1. The number of nitrogens with zero attached hydrogens (tertiary/aromatic N) is 1. The lowest BCUT2D eigenvalue weighted by molar-refractivity contribution is -0.154. The van der Waals surface area contributed by atoms with Gasteiger partial charge in [0.2, 0.25) is 5.91 Å². The number of rotatable bonds is 12. The zero-order valence-corrected chi connectivity index (χ0v) is 20.7. The molecule has 0 radical (unpaired) electrons. The molecule has 182 valence electrons. The van der Waals surface area contributed by atoms with Crippen LogP contribution in [0, 0.1) is 17.8 Å². The van der Waals surface area contributed by atoms with Gasteiger partial charge in [0.05, 0.1) is 11.8 Å². The highest BCUT2D eigenvalue weighted by Gasteiger charge is 2.39. The van der Waals surface area contributed by atoms with Gasteiger partial charge in [-0.2, -0.15) is 0 Å². The summed E-state index contributed by atoms with van der Waals surface area (Å²) in [7, 11) is 0. The minimum Gasteiger partial charge on any atom is -0.461 e. The van der Waals surface area contributed by atoms with Crippen molar-refractivity contribution in [2.75, 3.05) is 13.2 Å². The van der Waals surface area contributed by atoms with E-state index in [0.29, 0.717) is 12.8 Å². The fourth-order valence-corrected chi connectivity index (χ4v) is 3.49. The van der Waals surface area contributed by atoms with Crippen molar-refractivity contribution in [2.24, 2.45) is 17.8 Å². The second kappa shape index (κ2) is 13.6. The van der Waals surface area contributed by atoms with Crippen LogP contribution >= 0.6 is 0 Å². The second-order valence-electron chi connectivity index (χ2n) is 9.49. The van der Waals surface area contributed by atoms with Gasteiger partial charge in [-0.15, -0.1) is 6.58 Å². The monoisotopic (exact) mass is 457 g/mol. The topological polar surface area (TPSA) is 72.9 Å². The number of allylic oxidation sites excluding steroid dienone is 1. The average molecular weight is 458 g/mol. The van der Waals surface area contributed by atoms with Crippen LogP contribution < -0.4 is 0 Å². The third kappa shape index (κ3) is 10.1. The first-order valence-corrected chi connectivity index (χ1v) is 11.5. The average Bonchev–Trinajstić information content (AvgIpc) is 2.73. The Morgan fingerprint density at radius 3 is 2.18 bits per heavy atom. The van der Waals surface area contributed by atoms with Gasteiger partial charge in [-0.05, 0) is 51.5 Å². The Hall–Kier alpha value is -2.89. The third-order valence-electron chi connectivity index (χ3n) is 4.94. The van der Waals surface area contributed by atoms with Crippen LogP contribution in [0.15, 0.2) is 55.6 Å². The largest absolute Gasteiger partial charge is 0.461 e. The first-order chi connectivity index (χ1) is 15.5. The predicted octanol–water partition coefficient (Wildman–Crippen LogP) is 5.58. The lowest BCUT2D eigenvalue weighted by atomic mass is 9.82. The second-order valence-corrected chi connectivity index (χ2v) is 9.49. The molecule has 0 aromatic heterocycles. The molecule has 0 aliphatic heterocycles. The number of imide groups is 1. The van der Waals surface area contributed by atoms with Crippen molar-refractivity contribution in [2.45, 2.75) is 59.5 Å². The molecule has 0 bridgehead atoms. The van der Waals surface area contributed by atoms with Gasteiger partial charge in [-0.1, -0.05) is 62.9 Å². The van der Waals surface area contributed by atoms with E-state index in [1.54, 1.807) is 26.8 Å². The van der Waals surface area contributed by atoms with E-state index in [0.717, 1.165) is 10.5 Å². The predicted molar refractivity (Wildman–Crippen MR) is 130 cm³/mol. The van der Waals surface area contributed by atoms with E-state index in [9.17, 15) is 14.4 Å². The summed E-state index contributed by atoms with van der Waals surface area (Å²) in [6, 6.07) is 9.61. The molecule has 0 saturated carbocycles. The maximum atomic E-state index is 13.8. The molecule has 0 saturated heterocycles. The molecule has 0 N–H and O–H groups in total. The van der Waals surface area contributed by atoms with E-state index in [2.05, 4.69) is 13.2 Å². The smallest absolute Gasteiger partial charge is 0.417 e. The number of esters is 1. The molecule has 1 rings (SSSR count). The van der Waals surface area contributed by atoms with Crippen LogP contribution in [-0.4, -0.2) is 41.6 Å². The molecule has 0 heterocycles. The Labute approximate surface area is 198 Å². The Morgan fingerprint density at radius 1 is 1.03 bits per heavy atom. The molecule has 1 unspecified atom stereocenters. The van der Waals surface area contributed by atoms with Gasteiger partial charge in [0.15, 0.2) is 0 Å². The summed E-state index contributed by atoms with van der Waals surface area (Å²) >= 11 is 0. The first-order valence-electron chi connectivity index (χ1n) is 11.5. The molecule has 1 aromatic rings. The minimum absolute atomic E-state index is 0.0544. The zero-order valence-electron chi connectivity index (χ0n) is 20.7. The van der Waals surface area contributed by atoms with Gasteiger partial charge < -0.3 is 9.47 Å². The van der Waals surface area contributed by atoms with Crippen molar-refractivity contribution in [1.82, 2.24) is 4.90 Å². The Morgan fingerprint density at radius 2 is 1.67 bits per heavy atom. The van der Waals surface area contributed by atoms with E-state index in [1.165, 1.54) is 6.08 Å². The summed E-state index contributed by atoms with van der Waals surface area (Å²) < 4.78 is 10.8. The van der Waals surface area contributed by atoms with E-state index in [1.807, 2.05) is 44.2 Å². The van der Waals surface area contributed by atoms with Crippen LogP contribution in [0.2, 0.25) is 0 Å². The molecule has 6 nitrogen and oxygen atoms in total. The van der Waals surface area contributed by atoms with Gasteiger partial charge in [0.25, 0.3) is 0 Å². The highest BCUT2D eigenvalue weighted by molar-refractivity contribution is 5.95. The van der Waals surface area contributed by atoms with Crippen molar-refractivity contribution in [3.63, 3.8) is 0 Å². The minimum atomic E-state index is -0.765. The van der Waals surface area contributed by atoms with Gasteiger partial charge in [-0.3, -0.25) is 9.59 Å². The summed E-state index contributed by atoms with van der Waals surface area (Å²) in [5, 5.41) is 0. The van der Waals surface area contributed by atoms with Crippen LogP contribution in [0.5, 0.6) is 0 Å². The van der Waals surface area contributed by atoms with E-state index < -0.39 is 35.4 Å². The fraction of sp³-hybridized carbons (Fsp3) is 0.519. The van der Waals surface area contributed by atoms with Crippen molar-refractivity contribution in [3.05, 3.63) is 61.2 Å². The number of amides is 2.